The first kappa shape index (κ1) is 18.3. The lowest BCUT2D eigenvalue weighted by Crippen LogP contribution is -2.36. The molecule has 1 aromatic heterocycles. The summed E-state index contributed by atoms with van der Waals surface area (Å²) in [6.07, 6.45) is 3.78. The Morgan fingerprint density at radius 3 is 2.73 bits per heavy atom. The number of hydrogen-bond donors (Lipinski definition) is 2. The molecule has 3 aromatic rings. The van der Waals surface area contributed by atoms with Crippen LogP contribution in [-0.2, 0) is 22.4 Å². The van der Waals surface area contributed by atoms with Gasteiger partial charge in [0, 0.05) is 35.3 Å². The summed E-state index contributed by atoms with van der Waals surface area (Å²) >= 11 is 0. The van der Waals surface area contributed by atoms with E-state index < -0.39 is 0 Å². The lowest BCUT2D eigenvalue weighted by atomic mass is 10.1. The number of fused-ring (bicyclic) bond motifs is 1. The number of amides is 2. The molecule has 5 rings (SSSR count). The largest absolute Gasteiger partial charge is 0.321 e. The first-order valence-corrected chi connectivity index (χ1v) is 10.1. The number of hydrogen-bond acceptors (Lipinski definition) is 4. The minimum Gasteiger partial charge on any atom is -0.321 e. The molecular formula is C23H21N5O2. The first-order valence-electron chi connectivity index (χ1n) is 10.1. The highest BCUT2D eigenvalue weighted by Gasteiger charge is 2.26. The Balaban J connectivity index is 1.37. The highest BCUT2D eigenvalue weighted by molar-refractivity contribution is 6.44. The summed E-state index contributed by atoms with van der Waals surface area (Å²) in [5.41, 5.74) is 6.08. The molecule has 1 aliphatic heterocycles. The Bertz CT molecular complexity index is 1150. The van der Waals surface area contributed by atoms with Crippen molar-refractivity contribution in [3.8, 4) is 11.3 Å². The summed E-state index contributed by atoms with van der Waals surface area (Å²) < 4.78 is 0. The van der Waals surface area contributed by atoms with E-state index in [2.05, 4.69) is 20.6 Å². The highest BCUT2D eigenvalue weighted by atomic mass is 16.2. The van der Waals surface area contributed by atoms with Crippen molar-refractivity contribution < 1.29 is 9.59 Å². The van der Waals surface area contributed by atoms with E-state index in [0.717, 1.165) is 30.5 Å². The summed E-state index contributed by atoms with van der Waals surface area (Å²) in [5, 5.41) is 16.1. The SMILES string of the molecule is O=C(Nc1cccc(-c2n[nH]c3c2CCC3)c1)C1=NN(c2ccccc2)C(=O)CC1. The van der Waals surface area contributed by atoms with Gasteiger partial charge in [0.25, 0.3) is 5.91 Å². The number of anilines is 2. The number of benzene rings is 2. The second-order valence-corrected chi connectivity index (χ2v) is 7.51. The Morgan fingerprint density at radius 1 is 1.00 bits per heavy atom. The lowest BCUT2D eigenvalue weighted by Gasteiger charge is -2.23. The van der Waals surface area contributed by atoms with Gasteiger partial charge in [0.1, 0.15) is 5.71 Å². The second-order valence-electron chi connectivity index (χ2n) is 7.51. The molecule has 0 bridgehead atoms. The molecule has 2 heterocycles. The lowest BCUT2D eigenvalue weighted by molar-refractivity contribution is -0.118. The van der Waals surface area contributed by atoms with Crippen molar-refractivity contribution in [2.75, 3.05) is 10.3 Å². The maximum Gasteiger partial charge on any atom is 0.271 e. The second kappa shape index (κ2) is 7.59. The van der Waals surface area contributed by atoms with Crippen LogP contribution in [0.25, 0.3) is 11.3 Å². The van der Waals surface area contributed by atoms with Gasteiger partial charge in [-0.05, 0) is 43.5 Å². The normalized spacial score (nSPS) is 15.7. The van der Waals surface area contributed by atoms with Gasteiger partial charge in [0.05, 0.1) is 11.4 Å². The monoisotopic (exact) mass is 399 g/mol. The zero-order valence-corrected chi connectivity index (χ0v) is 16.4. The van der Waals surface area contributed by atoms with E-state index in [4.69, 9.17) is 0 Å². The zero-order valence-electron chi connectivity index (χ0n) is 16.4. The fraction of sp³-hybridized carbons (Fsp3) is 0.217. The van der Waals surface area contributed by atoms with E-state index in [1.54, 1.807) is 12.1 Å². The van der Waals surface area contributed by atoms with Crippen LogP contribution in [0.15, 0.2) is 59.7 Å². The van der Waals surface area contributed by atoms with E-state index >= 15 is 0 Å². The first-order chi connectivity index (χ1) is 14.7. The van der Waals surface area contributed by atoms with Gasteiger partial charge < -0.3 is 5.32 Å². The van der Waals surface area contributed by atoms with Crippen molar-refractivity contribution in [1.29, 1.82) is 0 Å². The summed E-state index contributed by atoms with van der Waals surface area (Å²) in [4.78, 5) is 25.1. The number of aromatic nitrogens is 2. The molecule has 30 heavy (non-hydrogen) atoms. The molecule has 2 aliphatic rings. The van der Waals surface area contributed by atoms with Crippen LogP contribution in [0.3, 0.4) is 0 Å². The molecule has 7 heteroatoms. The van der Waals surface area contributed by atoms with Crippen LogP contribution in [0, 0.1) is 0 Å². The standard InChI is InChI=1S/C23H21N5O2/c29-21-13-12-20(27-28(21)17-8-2-1-3-9-17)23(30)24-16-7-4-6-15(14-16)22-18-10-5-11-19(18)25-26-22/h1-4,6-9,14H,5,10-13H2,(H,24,30)(H,25,26). The smallest absolute Gasteiger partial charge is 0.271 e. The molecule has 0 saturated carbocycles. The van der Waals surface area contributed by atoms with Crippen LogP contribution in [0.5, 0.6) is 0 Å². The van der Waals surface area contributed by atoms with Crippen LogP contribution in [0.1, 0.15) is 30.5 Å². The summed E-state index contributed by atoms with van der Waals surface area (Å²) in [6, 6.07) is 16.8. The third-order valence-electron chi connectivity index (χ3n) is 5.50. The van der Waals surface area contributed by atoms with E-state index in [1.165, 1.54) is 16.3 Å². The van der Waals surface area contributed by atoms with E-state index in [-0.39, 0.29) is 18.2 Å². The fourth-order valence-corrected chi connectivity index (χ4v) is 3.99. The van der Waals surface area contributed by atoms with Gasteiger partial charge >= 0.3 is 0 Å². The van der Waals surface area contributed by atoms with Gasteiger partial charge in [-0.2, -0.15) is 10.2 Å². The van der Waals surface area contributed by atoms with Crippen LogP contribution < -0.4 is 10.3 Å². The summed E-state index contributed by atoms with van der Waals surface area (Å²) in [5.74, 6) is -0.417. The zero-order chi connectivity index (χ0) is 20.5. The molecule has 0 radical (unpaired) electrons. The molecule has 0 fully saturated rings. The molecular weight excluding hydrogens is 378 g/mol. The quantitative estimate of drug-likeness (QED) is 0.701. The number of rotatable bonds is 4. The van der Waals surface area contributed by atoms with Crippen molar-refractivity contribution in [2.24, 2.45) is 5.10 Å². The average Bonchev–Trinajstić information content (AvgIpc) is 3.39. The summed E-state index contributed by atoms with van der Waals surface area (Å²) in [7, 11) is 0. The van der Waals surface area contributed by atoms with Crippen molar-refractivity contribution in [3.63, 3.8) is 0 Å². The number of H-pyrrole nitrogens is 1. The Labute approximate surface area is 173 Å². The number of aryl methyl sites for hydroxylation is 1. The molecule has 1 aliphatic carbocycles. The molecule has 2 aromatic carbocycles. The van der Waals surface area contributed by atoms with E-state index in [9.17, 15) is 9.59 Å². The number of carbonyl (C=O) groups is 2. The average molecular weight is 399 g/mol. The van der Waals surface area contributed by atoms with Gasteiger partial charge in [-0.15, -0.1) is 0 Å². The van der Waals surface area contributed by atoms with Gasteiger partial charge in [-0.25, -0.2) is 5.01 Å². The summed E-state index contributed by atoms with van der Waals surface area (Å²) in [6.45, 7) is 0. The van der Waals surface area contributed by atoms with Gasteiger partial charge in [-0.3, -0.25) is 14.7 Å². The van der Waals surface area contributed by atoms with Gasteiger partial charge in [0.15, 0.2) is 0 Å². The Morgan fingerprint density at radius 2 is 1.87 bits per heavy atom. The topological polar surface area (TPSA) is 90.4 Å². The number of aromatic amines is 1. The van der Waals surface area contributed by atoms with Gasteiger partial charge in [0.2, 0.25) is 5.91 Å². The molecule has 0 spiro atoms. The van der Waals surface area contributed by atoms with Crippen LogP contribution in [-0.4, -0.2) is 27.7 Å². The molecule has 0 atom stereocenters. The van der Waals surface area contributed by atoms with Crippen LogP contribution >= 0.6 is 0 Å². The minimum atomic E-state index is -0.298. The highest BCUT2D eigenvalue weighted by Crippen LogP contribution is 2.31. The molecule has 7 nitrogen and oxygen atoms in total. The van der Waals surface area contributed by atoms with Crippen molar-refractivity contribution in [3.05, 3.63) is 65.9 Å². The Hall–Kier alpha value is -3.74. The molecule has 150 valence electrons. The third-order valence-corrected chi connectivity index (χ3v) is 5.50. The number of hydrazone groups is 1. The van der Waals surface area contributed by atoms with Crippen molar-refractivity contribution in [2.45, 2.75) is 32.1 Å². The molecule has 2 N–H and O–H groups in total. The molecule has 2 amide bonds. The number of carbonyl (C=O) groups excluding carboxylic acids is 2. The maximum absolute atomic E-state index is 12.8. The predicted molar refractivity (Wildman–Crippen MR) is 115 cm³/mol. The van der Waals surface area contributed by atoms with Crippen LogP contribution in [0.2, 0.25) is 0 Å². The maximum atomic E-state index is 12.8. The number of nitrogens with zero attached hydrogens (tertiary/aromatic N) is 3. The van der Waals surface area contributed by atoms with Crippen LogP contribution in [0.4, 0.5) is 11.4 Å². The van der Waals surface area contributed by atoms with E-state index in [1.807, 2.05) is 42.5 Å². The van der Waals surface area contributed by atoms with Crippen molar-refractivity contribution in [1.82, 2.24) is 10.2 Å². The van der Waals surface area contributed by atoms with Gasteiger partial charge in [-0.1, -0.05) is 30.3 Å². The minimum absolute atomic E-state index is 0.118. The van der Waals surface area contributed by atoms with Crippen molar-refractivity contribution >= 4 is 28.9 Å². The predicted octanol–water partition coefficient (Wildman–Crippen LogP) is 3.69. The molecule has 0 unspecified atom stereocenters. The number of nitrogens with one attached hydrogen (secondary N) is 2. The van der Waals surface area contributed by atoms with E-state index in [0.29, 0.717) is 23.5 Å². The Kier molecular flexibility index (Phi) is 4.63. The number of para-hydroxylation sites is 1. The fourth-order valence-electron chi connectivity index (χ4n) is 3.99. The third kappa shape index (κ3) is 3.39. The molecule has 0 saturated heterocycles.